The van der Waals surface area contributed by atoms with Gasteiger partial charge in [0.1, 0.15) is 6.10 Å². The predicted molar refractivity (Wildman–Crippen MR) is 262 cm³/mol. The number of esters is 1. The summed E-state index contributed by atoms with van der Waals surface area (Å²) in [6, 6.07) is 0. The number of hydrogen-bond donors (Lipinski definition) is 2. The van der Waals surface area contributed by atoms with Crippen LogP contribution in [0.5, 0.6) is 0 Å². The van der Waals surface area contributed by atoms with Gasteiger partial charge in [-0.15, -0.1) is 0 Å². The van der Waals surface area contributed by atoms with Crippen molar-refractivity contribution in [3.63, 3.8) is 0 Å². The first-order valence-corrected chi connectivity index (χ1v) is 27.4. The average Bonchev–Trinajstić information content (AvgIpc) is 3.23. The maximum absolute atomic E-state index is 15.1. The van der Waals surface area contributed by atoms with Crippen LogP contribution in [0.2, 0.25) is 0 Å². The molecule has 0 aromatic heterocycles. The fourth-order valence-corrected chi connectivity index (χ4v) is 21.2. The highest BCUT2D eigenvalue weighted by molar-refractivity contribution is 5.96. The number of aliphatic hydroxyl groups excluding tert-OH is 1. The summed E-state index contributed by atoms with van der Waals surface area (Å²) < 4.78 is 6.96. The second-order valence-electron chi connectivity index (χ2n) is 29.9. The Hall–Kier alpha value is -2.28. The molecule has 2 N–H and O–H groups in total. The molecule has 0 aromatic rings. The van der Waals surface area contributed by atoms with Crippen LogP contribution in [-0.4, -0.2) is 45.9 Å². The third kappa shape index (κ3) is 5.97. The second-order valence-corrected chi connectivity index (χ2v) is 29.9. The molecular weight excluding hydrogens is 833 g/mol. The summed E-state index contributed by atoms with van der Waals surface area (Å²) in [4.78, 5) is 57.8. The molecule has 0 heterocycles. The largest absolute Gasteiger partial charge is 0.481 e. The third-order valence-corrected chi connectivity index (χ3v) is 26.3. The van der Waals surface area contributed by atoms with Crippen LogP contribution >= 0.6 is 0 Å². The molecule has 0 spiro atoms. The zero-order chi connectivity index (χ0) is 48.9. The molecule has 0 aliphatic heterocycles. The summed E-state index contributed by atoms with van der Waals surface area (Å²) in [6.07, 6.45) is 19.6. The molecule has 0 amide bonds. The first kappa shape index (κ1) is 48.4. The number of carbonyl (C=O) groups excluding carboxylic acids is 3. The molecule has 67 heavy (non-hydrogen) atoms. The monoisotopic (exact) mass is 923 g/mol. The van der Waals surface area contributed by atoms with Gasteiger partial charge < -0.3 is 14.9 Å². The molecule has 8 saturated carbocycles. The van der Waals surface area contributed by atoms with Crippen LogP contribution in [0.1, 0.15) is 213 Å². The molecule has 8 fully saturated rings. The minimum atomic E-state index is -0.774. The molecule has 3 unspecified atom stereocenters. The number of ether oxygens (including phenoxy) is 1. The minimum Gasteiger partial charge on any atom is -0.481 e. The molecule has 0 radical (unpaired) electrons. The number of allylic oxidation sites excluding steroid dienone is 4. The van der Waals surface area contributed by atoms with Gasteiger partial charge in [0.2, 0.25) is 0 Å². The number of aliphatic hydroxyl groups is 1. The van der Waals surface area contributed by atoms with Gasteiger partial charge in [0.25, 0.3) is 0 Å². The molecular formula is C60H90O7. The molecule has 0 saturated heterocycles. The zero-order valence-corrected chi connectivity index (χ0v) is 44.4. The Bertz CT molecular complexity index is 2250. The molecule has 18 atom stereocenters. The summed E-state index contributed by atoms with van der Waals surface area (Å²) in [5.74, 6) is 0.267. The lowest BCUT2D eigenvalue weighted by molar-refractivity contribution is -0.217. The van der Waals surface area contributed by atoms with Crippen molar-refractivity contribution in [2.75, 3.05) is 0 Å². The number of aliphatic carboxylic acids is 1. The lowest BCUT2D eigenvalue weighted by Crippen LogP contribution is -2.67. The van der Waals surface area contributed by atoms with Crippen LogP contribution in [0, 0.1) is 100 Å². The highest BCUT2D eigenvalue weighted by Gasteiger charge is 2.73. The van der Waals surface area contributed by atoms with E-state index in [0.717, 1.165) is 96.3 Å². The van der Waals surface area contributed by atoms with E-state index in [4.69, 9.17) is 4.74 Å². The van der Waals surface area contributed by atoms with E-state index in [1.165, 1.54) is 11.1 Å². The first-order valence-electron chi connectivity index (χ1n) is 27.4. The number of carboxylic acid groups (broad SMARTS) is 1. The SMILES string of the molecule is CC1(C)C2CC[C@]3(C)[C@H](C(=O)C=C4[C@@H]5C[C@@](C)(C(=O)O)CC[C@]5(C)CC[C@]43C)[C@@]2(C)CC[C@@H]1OC(=O)[C@@]1(C)CC[C@]2(C)CC[C@]3(C)C(=CC(=O)C4[C@@]5(C)CC[C@H](O)C(C)(C)C5CC[C@]43C)[C@H]2C1. The molecule has 372 valence electrons. The van der Waals surface area contributed by atoms with E-state index in [-0.39, 0.29) is 108 Å². The first-order chi connectivity index (χ1) is 30.8. The summed E-state index contributed by atoms with van der Waals surface area (Å²) >= 11 is 0. The van der Waals surface area contributed by atoms with Crippen molar-refractivity contribution in [3.8, 4) is 0 Å². The highest BCUT2D eigenvalue weighted by atomic mass is 16.5. The lowest BCUT2D eigenvalue weighted by Gasteiger charge is -2.70. The molecule has 10 aliphatic rings. The van der Waals surface area contributed by atoms with Crippen LogP contribution in [0.3, 0.4) is 0 Å². The molecule has 7 heteroatoms. The maximum atomic E-state index is 15.1. The minimum absolute atomic E-state index is 0.0152. The van der Waals surface area contributed by atoms with Crippen LogP contribution in [0.15, 0.2) is 23.3 Å². The summed E-state index contributed by atoms with van der Waals surface area (Å²) in [5, 5.41) is 21.6. The zero-order valence-electron chi connectivity index (χ0n) is 44.4. The van der Waals surface area contributed by atoms with Gasteiger partial charge in [-0.1, -0.05) is 94.2 Å². The van der Waals surface area contributed by atoms with Crippen molar-refractivity contribution in [1.29, 1.82) is 0 Å². The van der Waals surface area contributed by atoms with E-state index in [0.29, 0.717) is 31.0 Å². The van der Waals surface area contributed by atoms with Gasteiger partial charge in [-0.3, -0.25) is 19.2 Å². The maximum Gasteiger partial charge on any atom is 0.312 e. The normalized spacial score (nSPS) is 55.0. The number of carbonyl (C=O) groups is 4. The third-order valence-electron chi connectivity index (χ3n) is 26.3. The Kier molecular flexibility index (Phi) is 10.3. The Morgan fingerprint density at radius 2 is 0.940 bits per heavy atom. The summed E-state index contributed by atoms with van der Waals surface area (Å²) in [5.41, 5.74) is -0.594. The van der Waals surface area contributed by atoms with Gasteiger partial charge in [0.05, 0.1) is 16.9 Å². The summed E-state index contributed by atoms with van der Waals surface area (Å²) in [7, 11) is 0. The quantitative estimate of drug-likeness (QED) is 0.271. The van der Waals surface area contributed by atoms with E-state index in [1.807, 2.05) is 13.0 Å². The van der Waals surface area contributed by atoms with Gasteiger partial charge in [0.15, 0.2) is 11.6 Å². The van der Waals surface area contributed by atoms with Gasteiger partial charge in [0, 0.05) is 17.3 Å². The number of fused-ring (bicyclic) bond motifs is 14. The molecule has 10 rings (SSSR count). The highest BCUT2D eigenvalue weighted by Crippen LogP contribution is 2.77. The average molecular weight is 923 g/mol. The van der Waals surface area contributed by atoms with Crippen molar-refractivity contribution < 1.29 is 34.1 Å². The van der Waals surface area contributed by atoms with Crippen molar-refractivity contribution in [3.05, 3.63) is 23.3 Å². The van der Waals surface area contributed by atoms with Crippen LogP contribution < -0.4 is 0 Å². The van der Waals surface area contributed by atoms with E-state index >= 15 is 9.59 Å². The van der Waals surface area contributed by atoms with Crippen LogP contribution in [-0.2, 0) is 23.9 Å². The number of rotatable bonds is 3. The van der Waals surface area contributed by atoms with Crippen molar-refractivity contribution >= 4 is 23.5 Å². The lowest BCUT2D eigenvalue weighted by atomic mass is 9.33. The van der Waals surface area contributed by atoms with Crippen LogP contribution in [0.4, 0.5) is 0 Å². The van der Waals surface area contributed by atoms with E-state index in [2.05, 4.69) is 96.1 Å². The predicted octanol–water partition coefficient (Wildman–Crippen LogP) is 13.3. The fourth-order valence-electron chi connectivity index (χ4n) is 21.2. The Labute approximate surface area is 404 Å². The smallest absolute Gasteiger partial charge is 0.312 e. The standard InChI is InChI=1S/C60H90O7/c1-49(2)41-15-21-59(13)45(55(41,9)19-17-43(49)63)39(61)32-36-38-34-54(8,26-24-52(38,6)28-30-58(36,59)12)48(66)67-44-18-20-56(10)42(50(44,3)4)16-22-60(14)46(56)40(62)31-35-37-33-53(7,47(64)65)25-23-51(37,5)27-29-57(35,60)11/h31-32,37-38,41-46,63H,15-30,33-34H2,1-14H3,(H,64,65)/t37-,38+,41?,42?,43-,44-,45?,46+,51+,52+,53-,54-,55-,56-,57+,58+,59+,60+/m0/s1. The Morgan fingerprint density at radius 1 is 0.522 bits per heavy atom. The van der Waals surface area contributed by atoms with Crippen molar-refractivity contribution in [1.82, 2.24) is 0 Å². The Morgan fingerprint density at radius 3 is 1.42 bits per heavy atom. The number of ketones is 2. The second kappa shape index (κ2) is 14.2. The molecule has 0 aromatic carbocycles. The van der Waals surface area contributed by atoms with E-state index in [1.54, 1.807) is 0 Å². The molecule has 10 aliphatic carbocycles. The molecule has 0 bridgehead atoms. The van der Waals surface area contributed by atoms with Gasteiger partial charge >= 0.3 is 11.9 Å². The van der Waals surface area contributed by atoms with Gasteiger partial charge in [-0.25, -0.2) is 0 Å². The van der Waals surface area contributed by atoms with E-state index in [9.17, 15) is 19.8 Å². The number of hydrogen-bond acceptors (Lipinski definition) is 6. The van der Waals surface area contributed by atoms with Crippen LogP contribution in [0.25, 0.3) is 0 Å². The van der Waals surface area contributed by atoms with E-state index < -0.39 is 16.8 Å². The number of carboxylic acids is 1. The summed E-state index contributed by atoms with van der Waals surface area (Å²) in [6.45, 7) is 32.6. The van der Waals surface area contributed by atoms with Gasteiger partial charge in [-0.2, -0.15) is 0 Å². The van der Waals surface area contributed by atoms with Crippen molar-refractivity contribution in [2.24, 2.45) is 100 Å². The fraction of sp³-hybridized carbons (Fsp3) is 0.867. The molecule has 7 nitrogen and oxygen atoms in total. The van der Waals surface area contributed by atoms with Crippen molar-refractivity contribution in [2.45, 2.75) is 225 Å². The Balaban J connectivity index is 0.903. The topological polar surface area (TPSA) is 118 Å². The van der Waals surface area contributed by atoms with Gasteiger partial charge in [-0.05, 0) is 214 Å².